The Morgan fingerprint density at radius 2 is 1.77 bits per heavy atom. The van der Waals surface area contributed by atoms with Crippen LogP contribution < -0.4 is 5.73 Å². The van der Waals surface area contributed by atoms with Gasteiger partial charge < -0.3 is 5.73 Å². The van der Waals surface area contributed by atoms with Crippen LogP contribution in [-0.2, 0) is 0 Å². The molecule has 1 aromatic rings. The molecule has 0 aromatic carbocycles. The summed E-state index contributed by atoms with van der Waals surface area (Å²) in [6.45, 7) is 7.38. The first-order chi connectivity index (χ1) is 6.41. The highest BCUT2D eigenvalue weighted by Crippen LogP contribution is 1.66. The molecule has 0 amide bonds. The number of hydrogen-bond acceptors (Lipinski definition) is 3. The van der Waals surface area contributed by atoms with E-state index in [0.29, 0.717) is 0 Å². The van der Waals surface area contributed by atoms with Gasteiger partial charge in [0.2, 0.25) is 0 Å². The Morgan fingerprint density at radius 3 is 1.85 bits per heavy atom. The summed E-state index contributed by atoms with van der Waals surface area (Å²) in [5.41, 5.74) is 4.89. The van der Waals surface area contributed by atoms with E-state index in [2.05, 4.69) is 16.5 Å². The normalized spacial score (nSPS) is 7.54. The van der Waals surface area contributed by atoms with Crippen molar-refractivity contribution < 1.29 is 0 Å². The third-order valence-electron chi connectivity index (χ3n) is 0.725. The number of rotatable bonds is 1. The van der Waals surface area contributed by atoms with E-state index >= 15 is 0 Å². The minimum absolute atomic E-state index is 1.44. The number of nitrogens with two attached hydrogens (primary N) is 1. The van der Waals surface area contributed by atoms with Gasteiger partial charge in [-0.15, -0.1) is 0 Å². The number of nitrogens with zero attached hydrogens (tertiary/aromatic N) is 2. The molecule has 3 nitrogen and oxygen atoms in total. The van der Waals surface area contributed by atoms with E-state index in [1.807, 2.05) is 13.8 Å². The molecule has 0 aliphatic rings. The molecule has 13 heavy (non-hydrogen) atoms. The van der Waals surface area contributed by atoms with Crippen LogP contribution >= 0.6 is 0 Å². The fourth-order valence-electron chi connectivity index (χ4n) is 0.332. The predicted octanol–water partition coefficient (Wildman–Crippen LogP) is 2.15. The molecule has 0 saturated heterocycles. The van der Waals surface area contributed by atoms with Crippen molar-refractivity contribution in [2.45, 2.75) is 13.8 Å². The van der Waals surface area contributed by atoms with Crippen LogP contribution in [0.5, 0.6) is 0 Å². The first-order valence-corrected chi connectivity index (χ1v) is 4.11. The summed E-state index contributed by atoms with van der Waals surface area (Å²) < 4.78 is 0. The first-order valence-electron chi connectivity index (χ1n) is 4.11. The van der Waals surface area contributed by atoms with Crippen LogP contribution in [0.3, 0.4) is 0 Å². The van der Waals surface area contributed by atoms with E-state index in [-0.39, 0.29) is 0 Å². The van der Waals surface area contributed by atoms with E-state index in [1.165, 1.54) is 12.5 Å². The van der Waals surface area contributed by atoms with Crippen LogP contribution in [0.2, 0.25) is 0 Å². The van der Waals surface area contributed by atoms with Gasteiger partial charge >= 0.3 is 0 Å². The molecule has 0 aliphatic heterocycles. The van der Waals surface area contributed by atoms with Crippen LogP contribution in [0.4, 0.5) is 0 Å². The molecule has 0 unspecified atom stereocenters. The van der Waals surface area contributed by atoms with Gasteiger partial charge in [0.05, 0.1) is 0 Å². The average molecular weight is 179 g/mol. The molecule has 1 rings (SSSR count). The van der Waals surface area contributed by atoms with E-state index in [4.69, 9.17) is 5.73 Å². The molecule has 0 radical (unpaired) electrons. The molecular weight excluding hydrogens is 162 g/mol. The predicted molar refractivity (Wildman–Crippen MR) is 56.9 cm³/mol. The summed E-state index contributed by atoms with van der Waals surface area (Å²) in [7, 11) is 0. The standard InChI is InChI=1S/C4H4N2.C4H7N.C2H6/c1-2-5-4-6-3-1;1-2-3-4-5;1-2/h1-4H;2-4H,1,5H2;1-2H3/b;4-3-;. The van der Waals surface area contributed by atoms with Gasteiger partial charge in [0.15, 0.2) is 0 Å². The molecular formula is C10H17N3. The molecule has 2 N–H and O–H groups in total. The Hall–Kier alpha value is -1.64. The van der Waals surface area contributed by atoms with Crippen molar-refractivity contribution in [3.05, 3.63) is 49.7 Å². The SMILES string of the molecule is C=C/C=C\N.CC.c1cncnc1. The summed E-state index contributed by atoms with van der Waals surface area (Å²) >= 11 is 0. The summed E-state index contributed by atoms with van der Waals surface area (Å²) in [6, 6.07) is 1.78. The van der Waals surface area contributed by atoms with Gasteiger partial charge in [-0.1, -0.05) is 26.5 Å². The molecule has 0 bridgehead atoms. The molecule has 1 aromatic heterocycles. The summed E-state index contributed by atoms with van der Waals surface area (Å²) in [5, 5.41) is 0. The maximum Gasteiger partial charge on any atom is 0.115 e. The summed E-state index contributed by atoms with van der Waals surface area (Å²) in [6.07, 6.45) is 9.60. The van der Waals surface area contributed by atoms with E-state index in [0.717, 1.165) is 0 Å². The van der Waals surface area contributed by atoms with Gasteiger partial charge in [-0.25, -0.2) is 9.97 Å². The van der Waals surface area contributed by atoms with Crippen molar-refractivity contribution in [1.29, 1.82) is 0 Å². The highest BCUT2D eigenvalue weighted by molar-refractivity contribution is 4.93. The Labute approximate surface area is 80.0 Å². The van der Waals surface area contributed by atoms with Gasteiger partial charge in [0, 0.05) is 12.4 Å². The van der Waals surface area contributed by atoms with Crippen LogP contribution in [0.15, 0.2) is 49.7 Å². The molecule has 0 atom stereocenters. The van der Waals surface area contributed by atoms with Crippen molar-refractivity contribution in [3.8, 4) is 0 Å². The number of allylic oxidation sites excluding steroid dienone is 2. The Morgan fingerprint density at radius 1 is 1.23 bits per heavy atom. The maximum atomic E-state index is 4.89. The number of aromatic nitrogens is 2. The molecule has 0 spiro atoms. The smallest absolute Gasteiger partial charge is 0.115 e. The fourth-order valence-corrected chi connectivity index (χ4v) is 0.332. The van der Waals surface area contributed by atoms with Crippen molar-refractivity contribution in [2.24, 2.45) is 5.73 Å². The second kappa shape index (κ2) is 16.8. The molecule has 1 heterocycles. The van der Waals surface area contributed by atoms with Crippen LogP contribution in [0, 0.1) is 0 Å². The molecule has 3 heteroatoms. The molecule has 0 fully saturated rings. The van der Waals surface area contributed by atoms with Gasteiger partial charge in [0.25, 0.3) is 0 Å². The average Bonchev–Trinajstić information content (AvgIpc) is 2.25. The highest BCUT2D eigenvalue weighted by atomic mass is 14.8. The van der Waals surface area contributed by atoms with Crippen LogP contribution in [-0.4, -0.2) is 9.97 Å². The quantitative estimate of drug-likeness (QED) is 0.672. The van der Waals surface area contributed by atoms with Crippen molar-refractivity contribution >= 4 is 0 Å². The number of hydrogen-bond donors (Lipinski definition) is 1. The zero-order valence-corrected chi connectivity index (χ0v) is 8.22. The fraction of sp³-hybridized carbons (Fsp3) is 0.200. The zero-order valence-electron chi connectivity index (χ0n) is 8.22. The summed E-state index contributed by atoms with van der Waals surface area (Å²) in [4.78, 5) is 7.35. The minimum atomic E-state index is 1.44. The second-order valence-corrected chi connectivity index (χ2v) is 1.52. The first kappa shape index (κ1) is 13.9. The van der Waals surface area contributed by atoms with Crippen molar-refractivity contribution in [3.63, 3.8) is 0 Å². The van der Waals surface area contributed by atoms with Gasteiger partial charge in [-0.3, -0.25) is 0 Å². The van der Waals surface area contributed by atoms with Gasteiger partial charge in [-0.2, -0.15) is 0 Å². The van der Waals surface area contributed by atoms with Crippen LogP contribution in [0.25, 0.3) is 0 Å². The molecule has 0 saturated carbocycles. The maximum absolute atomic E-state index is 4.89. The lowest BCUT2D eigenvalue weighted by Gasteiger charge is -1.70. The minimum Gasteiger partial charge on any atom is -0.405 e. The monoisotopic (exact) mass is 179 g/mol. The van der Waals surface area contributed by atoms with Gasteiger partial charge in [0.1, 0.15) is 6.33 Å². The lowest BCUT2D eigenvalue weighted by atomic mass is 10.6. The van der Waals surface area contributed by atoms with E-state index in [1.54, 1.807) is 30.6 Å². The molecule has 0 aliphatic carbocycles. The summed E-state index contributed by atoms with van der Waals surface area (Å²) in [5.74, 6) is 0. The van der Waals surface area contributed by atoms with Crippen molar-refractivity contribution in [1.82, 2.24) is 9.97 Å². The van der Waals surface area contributed by atoms with E-state index < -0.39 is 0 Å². The third-order valence-corrected chi connectivity index (χ3v) is 0.725. The van der Waals surface area contributed by atoms with Crippen molar-refractivity contribution in [2.75, 3.05) is 0 Å². The lowest BCUT2D eigenvalue weighted by molar-refractivity contribution is 1.17. The Kier molecular flexibility index (Phi) is 17.9. The topological polar surface area (TPSA) is 51.8 Å². The molecule has 72 valence electrons. The van der Waals surface area contributed by atoms with E-state index in [9.17, 15) is 0 Å². The second-order valence-electron chi connectivity index (χ2n) is 1.52. The van der Waals surface area contributed by atoms with Gasteiger partial charge in [-0.05, 0) is 18.3 Å². The highest BCUT2D eigenvalue weighted by Gasteiger charge is 1.59. The lowest BCUT2D eigenvalue weighted by Crippen LogP contribution is -1.71. The zero-order chi connectivity index (χ0) is 10.4. The Bertz CT molecular complexity index is 168. The Balaban J connectivity index is 0. The largest absolute Gasteiger partial charge is 0.405 e. The van der Waals surface area contributed by atoms with Crippen LogP contribution in [0.1, 0.15) is 13.8 Å². The third kappa shape index (κ3) is 17.9.